The summed E-state index contributed by atoms with van der Waals surface area (Å²) in [5.41, 5.74) is 1.77. The van der Waals surface area contributed by atoms with Gasteiger partial charge in [-0.2, -0.15) is 0 Å². The Morgan fingerprint density at radius 2 is 2.13 bits per heavy atom. The van der Waals surface area contributed by atoms with Crippen LogP contribution in [0.2, 0.25) is 0 Å². The molecule has 1 aromatic heterocycles. The lowest BCUT2D eigenvalue weighted by Crippen LogP contribution is -2.25. The highest BCUT2D eigenvalue weighted by atomic mass is 19.1. The highest BCUT2D eigenvalue weighted by Crippen LogP contribution is 2.47. The van der Waals surface area contributed by atoms with Gasteiger partial charge in [-0.15, -0.1) is 0 Å². The predicted molar refractivity (Wildman–Crippen MR) is 107 cm³/mol. The van der Waals surface area contributed by atoms with Crippen LogP contribution in [0.4, 0.5) is 10.1 Å². The number of aromatic nitrogens is 1. The fraction of sp³-hybridized carbons (Fsp3) is 0.182. The molecule has 0 unspecified atom stereocenters. The zero-order chi connectivity index (χ0) is 21.7. The molecule has 0 bridgehead atoms. The van der Waals surface area contributed by atoms with E-state index in [2.05, 4.69) is 5.32 Å². The molecular weight excluding hydrogens is 407 g/mol. The van der Waals surface area contributed by atoms with Gasteiger partial charge in [0.1, 0.15) is 11.4 Å². The van der Waals surface area contributed by atoms with Crippen molar-refractivity contribution in [2.24, 2.45) is 0 Å². The van der Waals surface area contributed by atoms with E-state index in [4.69, 9.17) is 14.2 Å². The van der Waals surface area contributed by atoms with E-state index in [0.29, 0.717) is 34.2 Å². The van der Waals surface area contributed by atoms with Gasteiger partial charge in [-0.25, -0.2) is 9.18 Å². The first kappa shape index (κ1) is 19.0. The first-order valence-corrected chi connectivity index (χ1v) is 9.48. The molecular formula is C22H17FN2O6. The van der Waals surface area contributed by atoms with Crippen LogP contribution in [-0.2, 0) is 4.79 Å². The lowest BCUT2D eigenvalue weighted by atomic mass is 9.87. The van der Waals surface area contributed by atoms with Gasteiger partial charge in [0.2, 0.25) is 18.4 Å². The van der Waals surface area contributed by atoms with E-state index in [1.165, 1.54) is 31.5 Å². The number of carbonyl (C=O) groups excluding carboxylic acids is 1. The summed E-state index contributed by atoms with van der Waals surface area (Å²) in [5.74, 6) is -1.12. The Labute approximate surface area is 175 Å². The molecule has 31 heavy (non-hydrogen) atoms. The summed E-state index contributed by atoms with van der Waals surface area (Å²) >= 11 is 0. The van der Waals surface area contributed by atoms with Crippen LogP contribution in [0.1, 0.15) is 34.0 Å². The standard InChI is InChI=1S/C22H17FN2O6/c1-29-16-5-11(6-17-21(16)31-10-30-17)14-8-18(26)24-19-15(22(27)28)9-25(20(14)19)13-4-2-3-12(23)7-13/h2-7,9,14H,8,10H2,1H3,(H,24,26)(H,27,28)/t14-/m0/s1. The van der Waals surface area contributed by atoms with Gasteiger partial charge in [-0.1, -0.05) is 6.07 Å². The van der Waals surface area contributed by atoms with Crippen molar-refractivity contribution in [2.45, 2.75) is 12.3 Å². The van der Waals surface area contributed by atoms with E-state index in [9.17, 15) is 19.1 Å². The summed E-state index contributed by atoms with van der Waals surface area (Å²) in [6.45, 7) is 0.0500. The third kappa shape index (κ3) is 3.05. The van der Waals surface area contributed by atoms with Gasteiger partial charge in [0.05, 0.1) is 18.5 Å². The summed E-state index contributed by atoms with van der Waals surface area (Å²) in [6, 6.07) is 9.31. The van der Waals surface area contributed by atoms with Crippen LogP contribution in [0.5, 0.6) is 17.2 Å². The maximum absolute atomic E-state index is 13.9. The Hall–Kier alpha value is -4.01. The van der Waals surface area contributed by atoms with Crippen LogP contribution in [0, 0.1) is 5.82 Å². The number of aromatic carboxylic acids is 1. The number of rotatable bonds is 4. The Balaban J connectivity index is 1.75. The van der Waals surface area contributed by atoms with Crippen LogP contribution in [0.3, 0.4) is 0 Å². The highest BCUT2D eigenvalue weighted by Gasteiger charge is 2.36. The second-order valence-corrected chi connectivity index (χ2v) is 7.22. The van der Waals surface area contributed by atoms with Gasteiger partial charge in [0, 0.05) is 24.2 Å². The molecule has 2 aliphatic rings. The summed E-state index contributed by atoms with van der Waals surface area (Å²) in [5, 5.41) is 12.4. The lowest BCUT2D eigenvalue weighted by Gasteiger charge is -2.26. The van der Waals surface area contributed by atoms with Gasteiger partial charge < -0.3 is 29.2 Å². The minimum absolute atomic E-state index is 0.0500. The predicted octanol–water partition coefficient (Wildman–Crippen LogP) is 3.53. The van der Waals surface area contributed by atoms with Gasteiger partial charge >= 0.3 is 5.97 Å². The Morgan fingerprint density at radius 1 is 1.29 bits per heavy atom. The number of carboxylic acid groups (broad SMARTS) is 1. The fourth-order valence-electron chi connectivity index (χ4n) is 4.10. The second-order valence-electron chi connectivity index (χ2n) is 7.22. The fourth-order valence-corrected chi connectivity index (χ4v) is 4.10. The molecule has 0 spiro atoms. The number of hydrogen-bond donors (Lipinski definition) is 2. The summed E-state index contributed by atoms with van der Waals surface area (Å²) in [7, 11) is 1.50. The largest absolute Gasteiger partial charge is 0.493 e. The lowest BCUT2D eigenvalue weighted by molar-refractivity contribution is -0.116. The number of carboxylic acids is 1. The van der Waals surface area contributed by atoms with Gasteiger partial charge in [0.15, 0.2) is 11.5 Å². The van der Waals surface area contributed by atoms with Crippen LogP contribution in [0.25, 0.3) is 5.69 Å². The monoisotopic (exact) mass is 424 g/mol. The van der Waals surface area contributed by atoms with Crippen molar-refractivity contribution in [3.05, 3.63) is 65.2 Å². The molecule has 9 heteroatoms. The topological polar surface area (TPSA) is 99.0 Å². The van der Waals surface area contributed by atoms with Crippen molar-refractivity contribution in [1.29, 1.82) is 0 Å². The molecule has 2 aliphatic heterocycles. The third-order valence-electron chi connectivity index (χ3n) is 5.43. The van der Waals surface area contributed by atoms with Gasteiger partial charge in [-0.3, -0.25) is 4.79 Å². The molecule has 2 N–H and O–H groups in total. The van der Waals surface area contributed by atoms with E-state index < -0.39 is 17.7 Å². The number of nitrogens with zero attached hydrogens (tertiary/aromatic N) is 1. The molecule has 1 atom stereocenters. The maximum Gasteiger partial charge on any atom is 0.339 e. The molecule has 2 aromatic carbocycles. The van der Waals surface area contributed by atoms with Crippen molar-refractivity contribution in [3.63, 3.8) is 0 Å². The number of carbonyl (C=O) groups is 2. The van der Waals surface area contributed by atoms with E-state index in [1.807, 2.05) is 0 Å². The molecule has 1 amide bonds. The normalized spacial score (nSPS) is 16.6. The first-order valence-electron chi connectivity index (χ1n) is 9.48. The number of halogens is 1. The number of anilines is 1. The van der Waals surface area contributed by atoms with Crippen molar-refractivity contribution in [2.75, 3.05) is 19.2 Å². The van der Waals surface area contributed by atoms with E-state index >= 15 is 0 Å². The molecule has 0 aliphatic carbocycles. The SMILES string of the molecule is COc1cc([C@@H]2CC(=O)Nc3c(C(=O)O)cn(-c4cccc(F)c4)c32)cc2c1OCO2. The first-order chi connectivity index (χ1) is 15.0. The minimum Gasteiger partial charge on any atom is -0.493 e. The molecule has 0 radical (unpaired) electrons. The number of nitrogens with one attached hydrogen (secondary N) is 1. The molecule has 5 rings (SSSR count). The van der Waals surface area contributed by atoms with Gasteiger partial charge in [-0.05, 0) is 35.9 Å². The second kappa shape index (κ2) is 7.05. The molecule has 158 valence electrons. The van der Waals surface area contributed by atoms with Gasteiger partial charge in [0.25, 0.3) is 0 Å². The number of hydrogen-bond acceptors (Lipinski definition) is 5. The van der Waals surface area contributed by atoms with Crippen LogP contribution < -0.4 is 19.5 Å². The average molecular weight is 424 g/mol. The molecule has 0 saturated carbocycles. The molecule has 0 fully saturated rings. The van der Waals surface area contributed by atoms with Crippen LogP contribution >= 0.6 is 0 Å². The third-order valence-corrected chi connectivity index (χ3v) is 5.43. The average Bonchev–Trinajstić information content (AvgIpc) is 3.37. The number of methoxy groups -OCH3 is 1. The van der Waals surface area contributed by atoms with Crippen LogP contribution in [-0.4, -0.2) is 35.5 Å². The molecule has 0 saturated heterocycles. The number of benzene rings is 2. The summed E-state index contributed by atoms with van der Waals surface area (Å²) < 4.78 is 31.9. The summed E-state index contributed by atoms with van der Waals surface area (Å²) in [6.07, 6.45) is 1.46. The quantitative estimate of drug-likeness (QED) is 0.665. The molecule has 3 aromatic rings. The van der Waals surface area contributed by atoms with E-state index in [1.54, 1.807) is 22.8 Å². The molecule has 8 nitrogen and oxygen atoms in total. The smallest absolute Gasteiger partial charge is 0.339 e. The minimum atomic E-state index is -1.20. The Bertz CT molecular complexity index is 1230. The number of amides is 1. The highest BCUT2D eigenvalue weighted by molar-refractivity contribution is 6.04. The number of fused-ring (bicyclic) bond motifs is 2. The van der Waals surface area contributed by atoms with Crippen molar-refractivity contribution >= 4 is 17.6 Å². The zero-order valence-corrected chi connectivity index (χ0v) is 16.3. The molecule has 3 heterocycles. The van der Waals surface area contributed by atoms with E-state index in [-0.39, 0.29) is 30.4 Å². The van der Waals surface area contributed by atoms with Crippen molar-refractivity contribution < 1.29 is 33.3 Å². The Morgan fingerprint density at radius 3 is 2.87 bits per heavy atom. The maximum atomic E-state index is 13.9. The van der Waals surface area contributed by atoms with Crippen molar-refractivity contribution in [3.8, 4) is 22.9 Å². The number of ether oxygens (including phenoxy) is 3. The Kier molecular flexibility index (Phi) is 4.32. The van der Waals surface area contributed by atoms with Crippen molar-refractivity contribution in [1.82, 2.24) is 4.57 Å². The van der Waals surface area contributed by atoms with E-state index in [0.717, 1.165) is 0 Å². The zero-order valence-electron chi connectivity index (χ0n) is 16.3. The summed E-state index contributed by atoms with van der Waals surface area (Å²) in [4.78, 5) is 24.4. The van der Waals surface area contributed by atoms with Crippen LogP contribution in [0.15, 0.2) is 42.6 Å².